The summed E-state index contributed by atoms with van der Waals surface area (Å²) in [5, 5.41) is 0. The van der Waals surface area contributed by atoms with Gasteiger partial charge in [-0.25, -0.2) is 0 Å². The minimum atomic E-state index is 0.994. The Hall–Kier alpha value is -0.560. The lowest BCUT2D eigenvalue weighted by Gasteiger charge is -2.32. The zero-order valence-electron chi connectivity index (χ0n) is 30.2. The van der Waals surface area contributed by atoms with E-state index in [1.165, 1.54) is 193 Å². The van der Waals surface area contributed by atoms with E-state index in [0.717, 1.165) is 60.6 Å². The van der Waals surface area contributed by atoms with Crippen LogP contribution in [0.25, 0.3) is 0 Å². The highest BCUT2D eigenvalue weighted by molar-refractivity contribution is 4.79. The average molecular weight is 623 g/mol. The van der Waals surface area contributed by atoms with Crippen molar-refractivity contribution in [3.63, 3.8) is 0 Å². The molecule has 4 saturated carbocycles. The molecule has 1 heteroatoms. The number of ether oxygens (including phenoxy) is 1. The highest BCUT2D eigenvalue weighted by Gasteiger charge is 2.26. The van der Waals surface area contributed by atoms with E-state index in [0.29, 0.717) is 0 Å². The lowest BCUT2D eigenvalue weighted by Crippen LogP contribution is -2.18. The van der Waals surface area contributed by atoms with E-state index in [1.54, 1.807) is 0 Å². The summed E-state index contributed by atoms with van der Waals surface area (Å²) >= 11 is 0. The summed E-state index contributed by atoms with van der Waals surface area (Å²) in [6.07, 6.45) is 48.0. The van der Waals surface area contributed by atoms with Crippen LogP contribution in [-0.4, -0.2) is 13.2 Å². The summed E-state index contributed by atoms with van der Waals surface area (Å²) in [4.78, 5) is 0. The van der Waals surface area contributed by atoms with Gasteiger partial charge in [0.2, 0.25) is 0 Å². The van der Waals surface area contributed by atoms with Gasteiger partial charge in [0.15, 0.2) is 0 Å². The fourth-order valence-corrected chi connectivity index (χ4v) is 10.3. The fraction of sp³-hybridized carbons (Fsp3) is 0.909. The summed E-state index contributed by atoms with van der Waals surface area (Å²) in [6.45, 7) is 9.79. The molecule has 0 atom stereocenters. The smallest absolute Gasteiger partial charge is 0.0466 e. The van der Waals surface area contributed by atoms with Gasteiger partial charge in [0, 0.05) is 13.2 Å². The van der Waals surface area contributed by atoms with E-state index in [1.807, 2.05) is 0 Å². The van der Waals surface area contributed by atoms with Gasteiger partial charge in [-0.15, -0.1) is 13.2 Å². The fourth-order valence-electron chi connectivity index (χ4n) is 10.3. The number of hydrogen-bond acceptors (Lipinski definition) is 1. The van der Waals surface area contributed by atoms with Crippen LogP contribution in [0, 0.1) is 47.3 Å². The second-order valence-electron chi connectivity index (χ2n) is 17.0. The number of hydrogen-bond donors (Lipinski definition) is 0. The predicted molar refractivity (Wildman–Crippen MR) is 198 cm³/mol. The normalized spacial score (nSPS) is 32.7. The van der Waals surface area contributed by atoms with Crippen LogP contribution >= 0.6 is 0 Å². The van der Waals surface area contributed by atoms with Gasteiger partial charge in [-0.3, -0.25) is 0 Å². The van der Waals surface area contributed by atoms with Crippen LogP contribution in [0.15, 0.2) is 25.3 Å². The molecule has 0 heterocycles. The van der Waals surface area contributed by atoms with Crippen molar-refractivity contribution in [3.8, 4) is 0 Å². The monoisotopic (exact) mass is 623 g/mol. The first kappa shape index (κ1) is 37.3. The van der Waals surface area contributed by atoms with Gasteiger partial charge < -0.3 is 4.74 Å². The van der Waals surface area contributed by atoms with Gasteiger partial charge in [0.25, 0.3) is 0 Å². The molecule has 0 bridgehead atoms. The molecule has 0 N–H and O–H groups in total. The Kier molecular flexibility index (Phi) is 19.0. The van der Waals surface area contributed by atoms with Crippen molar-refractivity contribution in [2.75, 3.05) is 13.2 Å². The zero-order valence-corrected chi connectivity index (χ0v) is 30.2. The molecular weight excluding hydrogens is 544 g/mol. The molecule has 4 rings (SSSR count). The molecule has 0 aromatic rings. The van der Waals surface area contributed by atoms with Gasteiger partial charge in [-0.1, -0.05) is 153 Å². The van der Waals surface area contributed by atoms with Crippen LogP contribution in [0.5, 0.6) is 0 Å². The minimum absolute atomic E-state index is 0.994. The van der Waals surface area contributed by atoms with Crippen molar-refractivity contribution >= 4 is 0 Å². The molecular formula is C44H78O. The molecule has 1 nitrogen and oxygen atoms in total. The van der Waals surface area contributed by atoms with E-state index in [-0.39, 0.29) is 0 Å². The predicted octanol–water partition coefficient (Wildman–Crippen LogP) is 14.1. The van der Waals surface area contributed by atoms with Gasteiger partial charge in [-0.05, 0) is 98.7 Å². The molecule has 45 heavy (non-hydrogen) atoms. The summed E-state index contributed by atoms with van der Waals surface area (Å²) in [5.41, 5.74) is 0. The average Bonchev–Trinajstić information content (AvgIpc) is 3.08. The van der Waals surface area contributed by atoms with Crippen molar-refractivity contribution in [2.24, 2.45) is 47.3 Å². The molecule has 4 aliphatic carbocycles. The first-order chi connectivity index (χ1) is 22.2. The summed E-state index contributed by atoms with van der Waals surface area (Å²) < 4.78 is 6.13. The van der Waals surface area contributed by atoms with Crippen molar-refractivity contribution in [2.45, 2.75) is 193 Å². The first-order valence-corrected chi connectivity index (χ1v) is 21.0. The molecule has 0 spiro atoms. The molecule has 0 radical (unpaired) electrons. The number of allylic oxidation sites excluding steroid dienone is 2. The van der Waals surface area contributed by atoms with Gasteiger partial charge >= 0.3 is 0 Å². The summed E-state index contributed by atoms with van der Waals surface area (Å²) in [7, 11) is 0. The Morgan fingerprint density at radius 2 is 0.556 bits per heavy atom. The van der Waals surface area contributed by atoms with Crippen LogP contribution in [0.2, 0.25) is 0 Å². The zero-order chi connectivity index (χ0) is 31.4. The SMILES string of the molecule is C=CCCCC1CCC(CCC2CCC(CCCOCCCC3CCC(CCC4CCC(CCCC=C)CC4)CC3)CC2)CC1. The lowest BCUT2D eigenvalue weighted by molar-refractivity contribution is 0.112. The van der Waals surface area contributed by atoms with Gasteiger partial charge in [0.1, 0.15) is 0 Å². The standard InChI is InChI=1S/C44H78O/c1-3-5-7-11-37-15-23-41(24-16-37)31-33-43-27-19-39(20-28-43)13-9-35-45-36-10-14-40-21-29-44(30-22-40)34-32-42-25-17-38(18-26-42)12-8-6-4-2/h3-4,37-44H,1-2,5-36H2. The molecule has 0 saturated heterocycles. The molecule has 0 amide bonds. The Bertz CT molecular complexity index is 662. The summed E-state index contributed by atoms with van der Waals surface area (Å²) in [5.74, 6) is 8.22. The van der Waals surface area contributed by atoms with Crippen LogP contribution in [0.4, 0.5) is 0 Å². The Morgan fingerprint density at radius 1 is 0.333 bits per heavy atom. The van der Waals surface area contributed by atoms with Gasteiger partial charge in [-0.2, -0.15) is 0 Å². The third-order valence-corrected chi connectivity index (χ3v) is 13.7. The molecule has 0 aromatic heterocycles. The maximum Gasteiger partial charge on any atom is 0.0466 e. The Morgan fingerprint density at radius 3 is 0.800 bits per heavy atom. The van der Waals surface area contributed by atoms with Crippen molar-refractivity contribution in [1.82, 2.24) is 0 Å². The van der Waals surface area contributed by atoms with Crippen LogP contribution in [-0.2, 0) is 4.74 Å². The highest BCUT2D eigenvalue weighted by Crippen LogP contribution is 2.40. The number of rotatable bonds is 22. The Balaban J connectivity index is 0.901. The molecule has 4 aliphatic rings. The van der Waals surface area contributed by atoms with Crippen molar-refractivity contribution in [1.29, 1.82) is 0 Å². The van der Waals surface area contributed by atoms with E-state index in [4.69, 9.17) is 4.74 Å². The maximum absolute atomic E-state index is 6.13. The van der Waals surface area contributed by atoms with Gasteiger partial charge in [0.05, 0.1) is 0 Å². The molecule has 0 aliphatic heterocycles. The van der Waals surface area contributed by atoms with Crippen LogP contribution < -0.4 is 0 Å². The third-order valence-electron chi connectivity index (χ3n) is 13.7. The van der Waals surface area contributed by atoms with Crippen molar-refractivity contribution in [3.05, 3.63) is 25.3 Å². The van der Waals surface area contributed by atoms with Crippen LogP contribution in [0.1, 0.15) is 193 Å². The van der Waals surface area contributed by atoms with E-state index in [2.05, 4.69) is 25.3 Å². The summed E-state index contributed by atoms with van der Waals surface area (Å²) in [6, 6.07) is 0. The van der Waals surface area contributed by atoms with E-state index < -0.39 is 0 Å². The Labute approximate surface area is 282 Å². The minimum Gasteiger partial charge on any atom is -0.381 e. The second kappa shape index (κ2) is 22.9. The van der Waals surface area contributed by atoms with E-state index >= 15 is 0 Å². The van der Waals surface area contributed by atoms with Crippen LogP contribution in [0.3, 0.4) is 0 Å². The van der Waals surface area contributed by atoms with E-state index in [9.17, 15) is 0 Å². The third kappa shape index (κ3) is 15.5. The molecule has 260 valence electrons. The molecule has 0 unspecified atom stereocenters. The second-order valence-corrected chi connectivity index (χ2v) is 17.0. The quantitative estimate of drug-likeness (QED) is 0.0862. The molecule has 4 fully saturated rings. The highest BCUT2D eigenvalue weighted by atomic mass is 16.5. The first-order valence-electron chi connectivity index (χ1n) is 21.0. The topological polar surface area (TPSA) is 9.23 Å². The maximum atomic E-state index is 6.13. The number of unbranched alkanes of at least 4 members (excludes halogenated alkanes) is 2. The largest absolute Gasteiger partial charge is 0.381 e. The molecule has 0 aromatic carbocycles. The van der Waals surface area contributed by atoms with Crippen molar-refractivity contribution < 1.29 is 4.74 Å². The lowest BCUT2D eigenvalue weighted by atomic mass is 9.74.